The maximum atomic E-state index is 10.6. The molecule has 0 N–H and O–H groups in total. The molecule has 0 aromatic heterocycles. The van der Waals surface area contributed by atoms with E-state index in [-0.39, 0.29) is 5.78 Å². The van der Waals surface area contributed by atoms with E-state index in [4.69, 9.17) is 0 Å². The second kappa shape index (κ2) is 4.04. The Morgan fingerprint density at radius 1 is 1.20 bits per heavy atom. The van der Waals surface area contributed by atoms with Gasteiger partial charge in [-0.3, -0.25) is 4.79 Å². The van der Waals surface area contributed by atoms with E-state index >= 15 is 0 Å². The lowest BCUT2D eigenvalue weighted by Gasteiger charge is -1.99. The largest absolute Gasteiger partial charge is 0.295 e. The zero-order valence-corrected chi connectivity index (χ0v) is 6.74. The second-order valence-electron chi connectivity index (χ2n) is 2.62. The molecule has 0 saturated carbocycles. The molecule has 10 heavy (non-hydrogen) atoms. The average molecular weight is 138 g/mol. The van der Waals surface area contributed by atoms with Crippen LogP contribution >= 0.6 is 0 Å². The van der Waals surface area contributed by atoms with Crippen LogP contribution in [0.15, 0.2) is 24.3 Å². The molecule has 0 saturated heterocycles. The third-order valence-corrected chi connectivity index (χ3v) is 1.35. The first-order chi connectivity index (χ1) is 4.54. The fourth-order valence-corrected chi connectivity index (χ4v) is 0.540. The zero-order chi connectivity index (χ0) is 8.15. The first-order valence-electron chi connectivity index (χ1n) is 3.37. The van der Waals surface area contributed by atoms with Crippen LogP contribution in [0.3, 0.4) is 0 Å². The van der Waals surface area contributed by atoms with Crippen LogP contribution < -0.4 is 0 Å². The maximum Gasteiger partial charge on any atom is 0.155 e. The molecule has 0 rings (SSSR count). The van der Waals surface area contributed by atoms with Crippen LogP contribution in [-0.4, -0.2) is 5.78 Å². The summed E-state index contributed by atoms with van der Waals surface area (Å²) < 4.78 is 0. The number of rotatable bonds is 4. The Morgan fingerprint density at radius 2 is 1.70 bits per heavy atom. The van der Waals surface area contributed by atoms with Crippen molar-refractivity contribution in [3.63, 3.8) is 0 Å². The van der Waals surface area contributed by atoms with Crippen molar-refractivity contribution < 1.29 is 4.79 Å². The average Bonchev–Trinajstić information content (AvgIpc) is 1.82. The maximum absolute atomic E-state index is 10.6. The van der Waals surface area contributed by atoms with E-state index in [9.17, 15) is 4.79 Å². The Morgan fingerprint density at radius 3 is 2.00 bits per heavy atom. The van der Waals surface area contributed by atoms with Crippen LogP contribution in [0.25, 0.3) is 0 Å². The molecular formula is C9H14O. The van der Waals surface area contributed by atoms with Crippen molar-refractivity contribution in [3.05, 3.63) is 24.3 Å². The summed E-state index contributed by atoms with van der Waals surface area (Å²) in [6.07, 6.45) is 1.63. The molecule has 0 fully saturated rings. The summed E-state index contributed by atoms with van der Waals surface area (Å²) in [5.74, 6) is 0.0845. The molecule has 0 spiro atoms. The lowest BCUT2D eigenvalue weighted by Crippen LogP contribution is -1.94. The van der Waals surface area contributed by atoms with Crippen molar-refractivity contribution in [2.45, 2.75) is 26.7 Å². The number of allylic oxidation sites excluding steroid dienone is 2. The second-order valence-corrected chi connectivity index (χ2v) is 2.62. The first kappa shape index (κ1) is 9.15. The van der Waals surface area contributed by atoms with Crippen molar-refractivity contribution in [3.8, 4) is 0 Å². The number of Topliss-reactive ketones (excluding diaryl/α,β-unsaturated/α-hetero) is 1. The lowest BCUT2D eigenvalue weighted by atomic mass is 10.1. The molecule has 0 atom stereocenters. The van der Waals surface area contributed by atoms with Gasteiger partial charge in [-0.15, -0.1) is 6.58 Å². The Balaban J connectivity index is 3.60. The summed E-state index contributed by atoms with van der Waals surface area (Å²) >= 11 is 0. The molecule has 0 aliphatic heterocycles. The number of ketones is 1. The highest BCUT2D eigenvalue weighted by Crippen LogP contribution is 2.08. The molecule has 0 aliphatic carbocycles. The van der Waals surface area contributed by atoms with E-state index in [1.54, 1.807) is 6.92 Å². The van der Waals surface area contributed by atoms with Crippen molar-refractivity contribution in [2.24, 2.45) is 0 Å². The van der Waals surface area contributed by atoms with Gasteiger partial charge in [-0.25, -0.2) is 0 Å². The van der Waals surface area contributed by atoms with Crippen LogP contribution in [0.4, 0.5) is 0 Å². The normalized spacial score (nSPS) is 9.00. The van der Waals surface area contributed by atoms with Crippen LogP contribution in [0.2, 0.25) is 0 Å². The number of hydrogen-bond donors (Lipinski definition) is 0. The number of hydrogen-bond acceptors (Lipinski definition) is 1. The molecular weight excluding hydrogens is 124 g/mol. The minimum Gasteiger partial charge on any atom is -0.295 e. The Hall–Kier alpha value is -0.850. The van der Waals surface area contributed by atoms with Crippen molar-refractivity contribution in [1.82, 2.24) is 0 Å². The lowest BCUT2D eigenvalue weighted by molar-refractivity contribution is -0.113. The van der Waals surface area contributed by atoms with Crippen molar-refractivity contribution >= 4 is 5.78 Å². The summed E-state index contributed by atoms with van der Waals surface area (Å²) in [4.78, 5) is 10.6. The summed E-state index contributed by atoms with van der Waals surface area (Å²) in [6, 6.07) is 0. The first-order valence-corrected chi connectivity index (χ1v) is 3.37. The summed E-state index contributed by atoms with van der Waals surface area (Å²) in [6.45, 7) is 10.9. The standard InChI is InChI=1S/C9H14O/c1-7(2)5-6-8(3)9(4)10/h1,3,5-6H2,2,4H3. The Bertz CT molecular complexity index is 166. The van der Waals surface area contributed by atoms with E-state index in [2.05, 4.69) is 13.2 Å². The third-order valence-electron chi connectivity index (χ3n) is 1.35. The molecule has 0 aliphatic rings. The predicted molar refractivity (Wildman–Crippen MR) is 43.9 cm³/mol. The highest BCUT2D eigenvalue weighted by Gasteiger charge is 1.98. The van der Waals surface area contributed by atoms with E-state index in [0.29, 0.717) is 5.57 Å². The van der Waals surface area contributed by atoms with Gasteiger partial charge in [-0.2, -0.15) is 0 Å². The SMILES string of the molecule is C=C(C)CCC(=C)C(C)=O. The Kier molecular flexibility index (Phi) is 3.70. The fraction of sp³-hybridized carbons (Fsp3) is 0.444. The van der Waals surface area contributed by atoms with Gasteiger partial charge >= 0.3 is 0 Å². The monoisotopic (exact) mass is 138 g/mol. The van der Waals surface area contributed by atoms with Crippen molar-refractivity contribution in [2.75, 3.05) is 0 Å². The number of carbonyl (C=O) groups is 1. The summed E-state index contributed by atoms with van der Waals surface area (Å²) in [5.41, 5.74) is 1.80. The van der Waals surface area contributed by atoms with Crippen LogP contribution in [0, 0.1) is 0 Å². The van der Waals surface area contributed by atoms with Crippen LogP contribution in [0.1, 0.15) is 26.7 Å². The summed E-state index contributed by atoms with van der Waals surface area (Å²) in [7, 11) is 0. The van der Waals surface area contributed by atoms with Gasteiger partial charge in [-0.1, -0.05) is 12.2 Å². The third kappa shape index (κ3) is 4.07. The van der Waals surface area contributed by atoms with Gasteiger partial charge in [0.25, 0.3) is 0 Å². The topological polar surface area (TPSA) is 17.1 Å². The zero-order valence-electron chi connectivity index (χ0n) is 6.74. The summed E-state index contributed by atoms with van der Waals surface area (Å²) in [5, 5.41) is 0. The molecule has 1 heteroatoms. The molecule has 1 nitrogen and oxygen atoms in total. The van der Waals surface area contributed by atoms with Gasteiger partial charge in [0.15, 0.2) is 5.78 Å². The highest BCUT2D eigenvalue weighted by molar-refractivity contribution is 5.92. The van der Waals surface area contributed by atoms with Crippen LogP contribution in [0.5, 0.6) is 0 Å². The highest BCUT2D eigenvalue weighted by atomic mass is 16.1. The Labute approximate surface area is 62.4 Å². The fourth-order valence-electron chi connectivity index (χ4n) is 0.540. The van der Waals surface area contributed by atoms with Gasteiger partial charge in [0.2, 0.25) is 0 Å². The van der Waals surface area contributed by atoms with E-state index < -0.39 is 0 Å². The van der Waals surface area contributed by atoms with Gasteiger partial charge in [-0.05, 0) is 32.3 Å². The van der Waals surface area contributed by atoms with Gasteiger partial charge < -0.3 is 0 Å². The van der Waals surface area contributed by atoms with E-state index in [1.807, 2.05) is 6.92 Å². The molecule has 56 valence electrons. The quantitative estimate of drug-likeness (QED) is 0.431. The van der Waals surface area contributed by atoms with Gasteiger partial charge in [0.05, 0.1) is 0 Å². The van der Waals surface area contributed by atoms with Gasteiger partial charge in [0, 0.05) is 0 Å². The molecule has 0 aromatic carbocycles. The minimum absolute atomic E-state index is 0.0845. The van der Waals surface area contributed by atoms with E-state index in [1.165, 1.54) is 0 Å². The van der Waals surface area contributed by atoms with Crippen LogP contribution in [-0.2, 0) is 4.79 Å². The molecule has 0 amide bonds. The van der Waals surface area contributed by atoms with Crippen molar-refractivity contribution in [1.29, 1.82) is 0 Å². The van der Waals surface area contributed by atoms with Gasteiger partial charge in [0.1, 0.15) is 0 Å². The molecule has 0 aromatic rings. The smallest absolute Gasteiger partial charge is 0.155 e. The molecule has 0 bridgehead atoms. The molecule has 0 heterocycles. The number of carbonyl (C=O) groups excluding carboxylic acids is 1. The predicted octanol–water partition coefficient (Wildman–Crippen LogP) is 2.49. The minimum atomic E-state index is 0.0845. The molecule has 0 unspecified atom stereocenters. The molecule has 0 radical (unpaired) electrons. The van der Waals surface area contributed by atoms with E-state index in [0.717, 1.165) is 18.4 Å².